The number of carbonyl (C=O) groups excluding carboxylic acids is 1. The molecule has 1 saturated carbocycles. The van der Waals surface area contributed by atoms with Crippen LogP contribution in [0.5, 0.6) is 0 Å². The minimum Gasteiger partial charge on any atom is -0.396 e. The van der Waals surface area contributed by atoms with Crippen molar-refractivity contribution in [3.8, 4) is 0 Å². The highest BCUT2D eigenvalue weighted by Gasteiger charge is 2.25. The largest absolute Gasteiger partial charge is 0.396 e. The SMILES string of the molecule is O=C(NCC1CCCCC1CO)N1CCCC1. The van der Waals surface area contributed by atoms with E-state index in [0.29, 0.717) is 11.8 Å². The lowest BCUT2D eigenvalue weighted by Crippen LogP contribution is -2.42. The van der Waals surface area contributed by atoms with Gasteiger partial charge in [0.05, 0.1) is 0 Å². The molecule has 2 N–H and O–H groups in total. The van der Waals surface area contributed by atoms with Crippen LogP contribution in [0.1, 0.15) is 38.5 Å². The fourth-order valence-corrected chi connectivity index (χ4v) is 3.04. The number of rotatable bonds is 3. The van der Waals surface area contributed by atoms with E-state index in [1.54, 1.807) is 0 Å². The Labute approximate surface area is 103 Å². The molecule has 2 atom stereocenters. The van der Waals surface area contributed by atoms with Crippen molar-refractivity contribution in [1.82, 2.24) is 10.2 Å². The highest BCUT2D eigenvalue weighted by atomic mass is 16.3. The van der Waals surface area contributed by atoms with Crippen molar-refractivity contribution in [1.29, 1.82) is 0 Å². The zero-order valence-corrected chi connectivity index (χ0v) is 10.5. The fourth-order valence-electron chi connectivity index (χ4n) is 3.04. The van der Waals surface area contributed by atoms with E-state index in [4.69, 9.17) is 0 Å². The quantitative estimate of drug-likeness (QED) is 0.787. The second-order valence-corrected chi connectivity index (χ2v) is 5.37. The van der Waals surface area contributed by atoms with E-state index in [1.807, 2.05) is 4.90 Å². The molecule has 1 aliphatic carbocycles. The molecule has 0 aromatic heterocycles. The summed E-state index contributed by atoms with van der Waals surface area (Å²) in [6, 6.07) is 0.0877. The van der Waals surface area contributed by atoms with Gasteiger partial charge in [0.25, 0.3) is 0 Å². The molecular weight excluding hydrogens is 216 g/mol. The third-order valence-electron chi connectivity index (χ3n) is 4.21. The molecule has 0 aromatic carbocycles. The molecule has 2 unspecified atom stereocenters. The van der Waals surface area contributed by atoms with Gasteiger partial charge < -0.3 is 15.3 Å². The van der Waals surface area contributed by atoms with Crippen LogP contribution in [0.25, 0.3) is 0 Å². The van der Waals surface area contributed by atoms with Crippen molar-refractivity contribution in [3.63, 3.8) is 0 Å². The van der Waals surface area contributed by atoms with Crippen LogP contribution in [0, 0.1) is 11.8 Å². The lowest BCUT2D eigenvalue weighted by Gasteiger charge is -2.30. The number of carbonyl (C=O) groups is 1. The van der Waals surface area contributed by atoms with Crippen molar-refractivity contribution in [3.05, 3.63) is 0 Å². The summed E-state index contributed by atoms with van der Waals surface area (Å²) in [7, 11) is 0. The number of urea groups is 1. The van der Waals surface area contributed by atoms with Gasteiger partial charge in [0.2, 0.25) is 0 Å². The van der Waals surface area contributed by atoms with E-state index in [-0.39, 0.29) is 12.6 Å². The first kappa shape index (κ1) is 12.7. The first-order valence-electron chi connectivity index (χ1n) is 6.95. The number of hydrogen-bond donors (Lipinski definition) is 2. The van der Waals surface area contributed by atoms with Crippen LogP contribution in [0.15, 0.2) is 0 Å². The minimum absolute atomic E-state index is 0.0877. The molecule has 17 heavy (non-hydrogen) atoms. The van der Waals surface area contributed by atoms with Crippen LogP contribution in [0.4, 0.5) is 4.79 Å². The Bertz CT molecular complexity index is 252. The highest BCUT2D eigenvalue weighted by molar-refractivity contribution is 5.74. The summed E-state index contributed by atoms with van der Waals surface area (Å²) in [6.45, 7) is 2.81. The number of nitrogens with one attached hydrogen (secondary N) is 1. The van der Waals surface area contributed by atoms with Crippen LogP contribution in [-0.4, -0.2) is 42.3 Å². The van der Waals surface area contributed by atoms with Crippen molar-refractivity contribution in [2.75, 3.05) is 26.2 Å². The Balaban J connectivity index is 1.74. The van der Waals surface area contributed by atoms with Gasteiger partial charge in [-0.3, -0.25) is 0 Å². The van der Waals surface area contributed by atoms with Crippen molar-refractivity contribution in [2.24, 2.45) is 11.8 Å². The normalized spacial score (nSPS) is 29.4. The Hall–Kier alpha value is -0.770. The van der Waals surface area contributed by atoms with Gasteiger partial charge in [-0.05, 0) is 37.5 Å². The molecule has 1 saturated heterocycles. The summed E-state index contributed by atoms with van der Waals surface area (Å²) in [4.78, 5) is 13.7. The zero-order valence-electron chi connectivity index (χ0n) is 10.5. The number of nitrogens with zero attached hydrogens (tertiary/aromatic N) is 1. The highest BCUT2D eigenvalue weighted by Crippen LogP contribution is 2.29. The first-order valence-corrected chi connectivity index (χ1v) is 6.95. The van der Waals surface area contributed by atoms with E-state index in [0.717, 1.165) is 45.3 Å². The number of amides is 2. The molecule has 2 rings (SSSR count). The Morgan fingerprint density at radius 1 is 1.12 bits per heavy atom. The van der Waals surface area contributed by atoms with Gasteiger partial charge in [-0.25, -0.2) is 4.79 Å². The number of hydrogen-bond acceptors (Lipinski definition) is 2. The maximum Gasteiger partial charge on any atom is 0.317 e. The van der Waals surface area contributed by atoms with Crippen LogP contribution in [-0.2, 0) is 0 Å². The van der Waals surface area contributed by atoms with Crippen LogP contribution in [0.3, 0.4) is 0 Å². The second kappa shape index (κ2) is 6.24. The molecule has 2 fully saturated rings. The zero-order chi connectivity index (χ0) is 12.1. The molecule has 1 heterocycles. The average Bonchev–Trinajstić information content (AvgIpc) is 2.90. The van der Waals surface area contributed by atoms with Crippen LogP contribution in [0.2, 0.25) is 0 Å². The maximum atomic E-state index is 11.8. The maximum absolute atomic E-state index is 11.8. The lowest BCUT2D eigenvalue weighted by atomic mass is 9.80. The standard InChI is InChI=1S/C13H24N2O2/c16-10-12-6-2-1-5-11(12)9-14-13(17)15-7-3-4-8-15/h11-12,16H,1-10H2,(H,14,17). The van der Waals surface area contributed by atoms with Gasteiger partial charge in [0.15, 0.2) is 0 Å². The Morgan fingerprint density at radius 3 is 2.41 bits per heavy atom. The molecule has 0 radical (unpaired) electrons. The summed E-state index contributed by atoms with van der Waals surface area (Å²) in [5.74, 6) is 0.864. The minimum atomic E-state index is 0.0877. The number of likely N-dealkylation sites (tertiary alicyclic amines) is 1. The Kier molecular flexibility index (Phi) is 4.66. The van der Waals surface area contributed by atoms with Crippen molar-refractivity contribution in [2.45, 2.75) is 38.5 Å². The van der Waals surface area contributed by atoms with Crippen LogP contribution < -0.4 is 5.32 Å². The summed E-state index contributed by atoms with van der Waals surface area (Å²) in [6.07, 6.45) is 6.99. The summed E-state index contributed by atoms with van der Waals surface area (Å²) in [5.41, 5.74) is 0. The predicted octanol–water partition coefficient (Wildman–Crippen LogP) is 1.59. The third-order valence-corrected chi connectivity index (χ3v) is 4.21. The molecule has 4 nitrogen and oxygen atoms in total. The average molecular weight is 240 g/mol. The van der Waals surface area contributed by atoms with Gasteiger partial charge in [0, 0.05) is 26.2 Å². The smallest absolute Gasteiger partial charge is 0.317 e. The van der Waals surface area contributed by atoms with E-state index in [1.165, 1.54) is 12.8 Å². The second-order valence-electron chi connectivity index (χ2n) is 5.37. The molecule has 2 amide bonds. The molecule has 4 heteroatoms. The molecule has 0 spiro atoms. The molecule has 0 aromatic rings. The van der Waals surface area contributed by atoms with Crippen LogP contribution >= 0.6 is 0 Å². The molecule has 1 aliphatic heterocycles. The fraction of sp³-hybridized carbons (Fsp3) is 0.923. The molecule has 0 bridgehead atoms. The topological polar surface area (TPSA) is 52.6 Å². The summed E-state index contributed by atoms with van der Waals surface area (Å²) >= 11 is 0. The van der Waals surface area contributed by atoms with Gasteiger partial charge >= 0.3 is 6.03 Å². The van der Waals surface area contributed by atoms with E-state index in [2.05, 4.69) is 5.32 Å². The number of aliphatic hydroxyl groups excluding tert-OH is 1. The molecule has 98 valence electrons. The molecular formula is C13H24N2O2. The van der Waals surface area contributed by atoms with Gasteiger partial charge in [-0.2, -0.15) is 0 Å². The van der Waals surface area contributed by atoms with Crippen molar-refractivity contribution >= 4 is 6.03 Å². The Morgan fingerprint density at radius 2 is 1.76 bits per heavy atom. The summed E-state index contributed by atoms with van der Waals surface area (Å²) in [5, 5.41) is 12.3. The molecule has 2 aliphatic rings. The van der Waals surface area contributed by atoms with E-state index >= 15 is 0 Å². The first-order chi connectivity index (χ1) is 8.31. The lowest BCUT2D eigenvalue weighted by molar-refractivity contribution is 0.132. The summed E-state index contributed by atoms with van der Waals surface area (Å²) < 4.78 is 0. The van der Waals surface area contributed by atoms with Gasteiger partial charge in [-0.15, -0.1) is 0 Å². The van der Waals surface area contributed by atoms with Crippen molar-refractivity contribution < 1.29 is 9.90 Å². The van der Waals surface area contributed by atoms with Gasteiger partial charge in [0.1, 0.15) is 0 Å². The third kappa shape index (κ3) is 3.35. The predicted molar refractivity (Wildman–Crippen MR) is 66.7 cm³/mol. The van der Waals surface area contributed by atoms with E-state index in [9.17, 15) is 9.90 Å². The monoisotopic (exact) mass is 240 g/mol. The van der Waals surface area contributed by atoms with E-state index < -0.39 is 0 Å². The van der Waals surface area contributed by atoms with Gasteiger partial charge in [-0.1, -0.05) is 12.8 Å². The number of aliphatic hydroxyl groups is 1.